The lowest BCUT2D eigenvalue weighted by Crippen LogP contribution is -2.46. The maximum Gasteiger partial charge on any atom is 0.0741 e. The van der Waals surface area contributed by atoms with Gasteiger partial charge < -0.3 is 4.74 Å². The van der Waals surface area contributed by atoms with E-state index in [0.29, 0.717) is 0 Å². The maximum atomic E-state index is 5.70. The van der Waals surface area contributed by atoms with Crippen LogP contribution >= 0.6 is 15.9 Å². The molecule has 5 nitrogen and oxygen atoms in total. The Labute approximate surface area is 124 Å². The zero-order valence-corrected chi connectivity index (χ0v) is 13.8. The zero-order valence-electron chi connectivity index (χ0n) is 12.2. The Bertz CT molecular complexity index is 394. The van der Waals surface area contributed by atoms with E-state index in [1.54, 1.807) is 7.11 Å². The van der Waals surface area contributed by atoms with Crippen molar-refractivity contribution in [3.8, 4) is 0 Å². The van der Waals surface area contributed by atoms with Gasteiger partial charge in [-0.15, -0.1) is 0 Å². The summed E-state index contributed by atoms with van der Waals surface area (Å²) in [6.45, 7) is 7.10. The molecule has 1 heterocycles. The summed E-state index contributed by atoms with van der Waals surface area (Å²) in [5.74, 6) is 5.70. The van der Waals surface area contributed by atoms with Gasteiger partial charge in [0, 0.05) is 20.1 Å². The molecule has 0 saturated heterocycles. The topological polar surface area (TPSA) is 65.1 Å². The number of nitrogens with zero attached hydrogens (tertiary/aromatic N) is 2. The van der Waals surface area contributed by atoms with Gasteiger partial charge in [-0.3, -0.25) is 16.0 Å². The Balaban J connectivity index is 2.91. The number of ether oxygens (including phenoxy) is 1. The third-order valence-corrected chi connectivity index (χ3v) is 4.44. The Hall–Kier alpha value is -0.430. The SMILES string of the molecule is CCCC(OC)C(Cc1c(Br)c(C)nn1CC)NN. The lowest BCUT2D eigenvalue weighted by atomic mass is 10.0. The molecule has 0 amide bonds. The van der Waals surface area contributed by atoms with Gasteiger partial charge in [-0.2, -0.15) is 5.10 Å². The van der Waals surface area contributed by atoms with Crippen LogP contribution in [-0.2, 0) is 17.7 Å². The Morgan fingerprint density at radius 2 is 2.16 bits per heavy atom. The van der Waals surface area contributed by atoms with E-state index in [-0.39, 0.29) is 12.1 Å². The van der Waals surface area contributed by atoms with E-state index in [1.165, 1.54) is 5.69 Å². The van der Waals surface area contributed by atoms with Gasteiger partial charge >= 0.3 is 0 Å². The van der Waals surface area contributed by atoms with Gasteiger partial charge in [0.25, 0.3) is 0 Å². The van der Waals surface area contributed by atoms with Gasteiger partial charge in [-0.1, -0.05) is 13.3 Å². The summed E-state index contributed by atoms with van der Waals surface area (Å²) in [6.07, 6.45) is 2.97. The van der Waals surface area contributed by atoms with E-state index in [0.717, 1.165) is 36.0 Å². The number of hydrogen-bond donors (Lipinski definition) is 2. The van der Waals surface area contributed by atoms with E-state index in [2.05, 4.69) is 40.3 Å². The van der Waals surface area contributed by atoms with Crippen LogP contribution in [0.15, 0.2) is 4.47 Å². The second kappa shape index (κ2) is 7.99. The fourth-order valence-corrected chi connectivity index (χ4v) is 2.78. The summed E-state index contributed by atoms with van der Waals surface area (Å²) in [5, 5.41) is 4.51. The molecule has 0 aliphatic carbocycles. The van der Waals surface area contributed by atoms with Gasteiger partial charge in [0.05, 0.1) is 28.0 Å². The first-order valence-corrected chi connectivity index (χ1v) is 7.58. The normalized spacial score (nSPS) is 14.6. The number of aryl methyl sites for hydroxylation is 2. The molecule has 3 N–H and O–H groups in total. The summed E-state index contributed by atoms with van der Waals surface area (Å²) in [7, 11) is 1.74. The smallest absolute Gasteiger partial charge is 0.0741 e. The minimum atomic E-state index is 0.0858. The molecule has 0 saturated carbocycles. The van der Waals surface area contributed by atoms with E-state index < -0.39 is 0 Å². The van der Waals surface area contributed by atoms with Crippen LogP contribution in [0.5, 0.6) is 0 Å². The van der Waals surface area contributed by atoms with Crippen molar-refractivity contribution in [2.75, 3.05) is 7.11 Å². The number of nitrogens with one attached hydrogen (secondary N) is 1. The van der Waals surface area contributed by atoms with Crippen molar-refractivity contribution in [3.05, 3.63) is 15.9 Å². The van der Waals surface area contributed by atoms with E-state index in [9.17, 15) is 0 Å². The largest absolute Gasteiger partial charge is 0.380 e. The molecule has 0 aromatic carbocycles. The first-order valence-electron chi connectivity index (χ1n) is 6.79. The molecule has 19 heavy (non-hydrogen) atoms. The van der Waals surface area contributed by atoms with Crippen molar-refractivity contribution in [2.45, 2.75) is 58.7 Å². The maximum absolute atomic E-state index is 5.70. The number of hydrazine groups is 1. The quantitative estimate of drug-likeness (QED) is 0.565. The molecule has 0 aliphatic rings. The standard InChI is InChI=1S/C13H25BrN4O/c1-5-7-12(19-4)10(16-15)8-11-13(14)9(3)17-18(11)6-2/h10,12,16H,5-8,15H2,1-4H3. The summed E-state index contributed by atoms with van der Waals surface area (Å²) in [5.41, 5.74) is 5.07. The van der Waals surface area contributed by atoms with Crippen LogP contribution in [0.4, 0.5) is 0 Å². The average Bonchev–Trinajstić information content (AvgIpc) is 2.69. The van der Waals surface area contributed by atoms with Crippen LogP contribution in [0.3, 0.4) is 0 Å². The fourth-order valence-electron chi connectivity index (χ4n) is 2.34. The molecule has 1 aromatic rings. The zero-order chi connectivity index (χ0) is 14.4. The van der Waals surface area contributed by atoms with Gasteiger partial charge in [-0.05, 0) is 36.2 Å². The lowest BCUT2D eigenvalue weighted by molar-refractivity contribution is 0.0602. The number of rotatable bonds is 8. The van der Waals surface area contributed by atoms with Crippen molar-refractivity contribution in [1.29, 1.82) is 0 Å². The molecule has 0 fully saturated rings. The molecule has 0 radical (unpaired) electrons. The third kappa shape index (κ3) is 4.02. The highest BCUT2D eigenvalue weighted by molar-refractivity contribution is 9.10. The van der Waals surface area contributed by atoms with E-state index in [4.69, 9.17) is 10.6 Å². The monoisotopic (exact) mass is 332 g/mol. The Morgan fingerprint density at radius 1 is 1.47 bits per heavy atom. The average molecular weight is 333 g/mol. The molecule has 1 aromatic heterocycles. The Kier molecular flexibility index (Phi) is 6.99. The summed E-state index contributed by atoms with van der Waals surface area (Å²) >= 11 is 3.62. The number of halogens is 1. The summed E-state index contributed by atoms with van der Waals surface area (Å²) < 4.78 is 8.64. The van der Waals surface area contributed by atoms with Crippen LogP contribution in [0.25, 0.3) is 0 Å². The van der Waals surface area contributed by atoms with Crippen LogP contribution in [0.2, 0.25) is 0 Å². The minimum absolute atomic E-state index is 0.0858. The highest BCUT2D eigenvalue weighted by Crippen LogP contribution is 2.23. The fraction of sp³-hybridized carbons (Fsp3) is 0.769. The second-order valence-electron chi connectivity index (χ2n) is 4.70. The predicted octanol–water partition coefficient (Wildman–Crippen LogP) is 2.16. The van der Waals surface area contributed by atoms with E-state index in [1.807, 2.05) is 11.6 Å². The molecular weight excluding hydrogens is 308 g/mol. The third-order valence-electron chi connectivity index (χ3n) is 3.40. The van der Waals surface area contributed by atoms with Crippen LogP contribution in [-0.4, -0.2) is 29.0 Å². The number of aromatic nitrogens is 2. The molecular formula is C13H25BrN4O. The molecule has 0 bridgehead atoms. The predicted molar refractivity (Wildman–Crippen MR) is 80.9 cm³/mol. The van der Waals surface area contributed by atoms with Gasteiger partial charge in [0.15, 0.2) is 0 Å². The molecule has 0 aliphatic heterocycles. The summed E-state index contributed by atoms with van der Waals surface area (Å²) in [4.78, 5) is 0. The van der Waals surface area contributed by atoms with Crippen molar-refractivity contribution < 1.29 is 4.74 Å². The number of methoxy groups -OCH3 is 1. The highest BCUT2D eigenvalue weighted by Gasteiger charge is 2.23. The minimum Gasteiger partial charge on any atom is -0.380 e. The molecule has 2 atom stereocenters. The Morgan fingerprint density at radius 3 is 2.63 bits per heavy atom. The van der Waals surface area contributed by atoms with Gasteiger partial charge in [0.1, 0.15) is 0 Å². The molecule has 6 heteroatoms. The van der Waals surface area contributed by atoms with Gasteiger partial charge in [0.2, 0.25) is 0 Å². The van der Waals surface area contributed by atoms with Crippen molar-refractivity contribution in [3.63, 3.8) is 0 Å². The lowest BCUT2D eigenvalue weighted by Gasteiger charge is -2.25. The molecule has 2 unspecified atom stereocenters. The van der Waals surface area contributed by atoms with Crippen LogP contribution < -0.4 is 11.3 Å². The molecule has 110 valence electrons. The van der Waals surface area contributed by atoms with E-state index >= 15 is 0 Å². The summed E-state index contributed by atoms with van der Waals surface area (Å²) in [6, 6.07) is 0.0858. The van der Waals surface area contributed by atoms with Crippen LogP contribution in [0.1, 0.15) is 38.1 Å². The van der Waals surface area contributed by atoms with Crippen molar-refractivity contribution >= 4 is 15.9 Å². The van der Waals surface area contributed by atoms with Gasteiger partial charge in [-0.25, -0.2) is 0 Å². The molecule has 0 spiro atoms. The first kappa shape index (κ1) is 16.6. The first-order chi connectivity index (χ1) is 9.08. The highest BCUT2D eigenvalue weighted by atomic mass is 79.9. The van der Waals surface area contributed by atoms with Crippen molar-refractivity contribution in [2.24, 2.45) is 5.84 Å². The van der Waals surface area contributed by atoms with Crippen molar-refractivity contribution in [1.82, 2.24) is 15.2 Å². The number of nitrogens with two attached hydrogens (primary N) is 1. The molecule has 1 rings (SSSR count). The number of hydrogen-bond acceptors (Lipinski definition) is 4. The van der Waals surface area contributed by atoms with Crippen LogP contribution in [0, 0.1) is 6.92 Å². The second-order valence-corrected chi connectivity index (χ2v) is 5.49.